The van der Waals surface area contributed by atoms with Gasteiger partial charge in [0, 0.05) is 51.2 Å². The Morgan fingerprint density at radius 1 is 1.16 bits per heavy atom. The van der Waals surface area contributed by atoms with Crippen molar-refractivity contribution in [1.29, 1.82) is 0 Å². The van der Waals surface area contributed by atoms with Gasteiger partial charge in [-0.3, -0.25) is 9.69 Å². The second-order valence-corrected chi connectivity index (χ2v) is 6.79. The zero-order valence-electron chi connectivity index (χ0n) is 12.7. The van der Waals surface area contributed by atoms with Gasteiger partial charge in [0.2, 0.25) is 5.91 Å². The van der Waals surface area contributed by atoms with Crippen LogP contribution in [0.25, 0.3) is 0 Å². The molecule has 2 heterocycles. The number of likely N-dealkylation sites (tertiary alicyclic amines) is 1. The Morgan fingerprint density at radius 2 is 1.74 bits per heavy atom. The van der Waals surface area contributed by atoms with E-state index in [-0.39, 0.29) is 5.54 Å². The molecule has 1 amide bonds. The summed E-state index contributed by atoms with van der Waals surface area (Å²) in [5.41, 5.74) is -0.0117. The second kappa shape index (κ2) is 6.23. The van der Waals surface area contributed by atoms with E-state index in [4.69, 9.17) is 0 Å². The van der Waals surface area contributed by atoms with Gasteiger partial charge in [-0.25, -0.2) is 0 Å². The largest absolute Gasteiger partial charge is 0.343 e. The smallest absolute Gasteiger partial charge is 0.224 e. The van der Waals surface area contributed by atoms with Crippen LogP contribution < -0.4 is 5.32 Å². The molecule has 0 aromatic rings. The van der Waals surface area contributed by atoms with Crippen LogP contribution in [0.1, 0.15) is 40.0 Å². The van der Waals surface area contributed by atoms with Gasteiger partial charge in [0.25, 0.3) is 0 Å². The topological polar surface area (TPSA) is 35.6 Å². The maximum Gasteiger partial charge on any atom is 0.224 e. The maximum absolute atomic E-state index is 12.4. The molecule has 4 nitrogen and oxygen atoms in total. The first-order valence-electron chi connectivity index (χ1n) is 7.72. The van der Waals surface area contributed by atoms with Gasteiger partial charge in [0.05, 0.1) is 0 Å². The Bertz CT molecular complexity index is 303. The van der Waals surface area contributed by atoms with Crippen LogP contribution in [0, 0.1) is 5.92 Å². The number of amides is 1. The molecule has 0 aromatic heterocycles. The van der Waals surface area contributed by atoms with Crippen molar-refractivity contribution < 1.29 is 4.79 Å². The highest BCUT2D eigenvalue weighted by Gasteiger charge is 2.32. The van der Waals surface area contributed by atoms with Gasteiger partial charge < -0.3 is 10.2 Å². The molecule has 2 fully saturated rings. The third kappa shape index (κ3) is 3.93. The van der Waals surface area contributed by atoms with Crippen LogP contribution in [0.15, 0.2) is 0 Å². The normalized spacial score (nSPS) is 23.6. The van der Waals surface area contributed by atoms with Crippen molar-refractivity contribution in [2.24, 2.45) is 5.92 Å². The van der Waals surface area contributed by atoms with E-state index in [0.29, 0.717) is 12.3 Å². The summed E-state index contributed by atoms with van der Waals surface area (Å²) >= 11 is 0. The molecular weight excluding hydrogens is 238 g/mol. The molecule has 0 unspecified atom stereocenters. The maximum atomic E-state index is 12.4. The van der Waals surface area contributed by atoms with E-state index < -0.39 is 0 Å². The predicted molar refractivity (Wildman–Crippen MR) is 78.1 cm³/mol. The molecule has 2 aliphatic rings. The van der Waals surface area contributed by atoms with E-state index in [1.54, 1.807) is 0 Å². The summed E-state index contributed by atoms with van der Waals surface area (Å²) < 4.78 is 0. The fourth-order valence-electron chi connectivity index (χ4n) is 3.12. The molecular formula is C15H29N3O. The van der Waals surface area contributed by atoms with E-state index in [1.807, 2.05) is 0 Å². The second-order valence-electron chi connectivity index (χ2n) is 6.79. The number of piperazine rings is 1. The SMILES string of the molecule is CC1CCN(C(=O)CC(C)(C)N2CCNCC2)CC1. The monoisotopic (exact) mass is 267 g/mol. The molecule has 19 heavy (non-hydrogen) atoms. The van der Waals surface area contributed by atoms with Gasteiger partial charge in [-0.2, -0.15) is 0 Å². The third-order valence-electron chi connectivity index (χ3n) is 4.69. The van der Waals surface area contributed by atoms with Crippen LogP contribution in [-0.2, 0) is 4.79 Å². The highest BCUT2D eigenvalue weighted by molar-refractivity contribution is 5.77. The first-order chi connectivity index (χ1) is 8.99. The third-order valence-corrected chi connectivity index (χ3v) is 4.69. The standard InChI is InChI=1S/C15H29N3O/c1-13-4-8-17(9-5-13)14(19)12-15(2,3)18-10-6-16-7-11-18/h13,16H,4-12H2,1-3H3. The van der Waals surface area contributed by atoms with Gasteiger partial charge in [-0.1, -0.05) is 6.92 Å². The number of hydrogen-bond acceptors (Lipinski definition) is 3. The minimum Gasteiger partial charge on any atom is -0.343 e. The summed E-state index contributed by atoms with van der Waals surface area (Å²) in [7, 11) is 0. The number of carbonyl (C=O) groups excluding carboxylic acids is 1. The number of nitrogens with zero attached hydrogens (tertiary/aromatic N) is 2. The predicted octanol–water partition coefficient (Wildman–Crippen LogP) is 1.32. The highest BCUT2D eigenvalue weighted by atomic mass is 16.2. The van der Waals surface area contributed by atoms with Gasteiger partial charge in [-0.15, -0.1) is 0 Å². The number of nitrogens with one attached hydrogen (secondary N) is 1. The lowest BCUT2D eigenvalue weighted by Crippen LogP contribution is -2.55. The van der Waals surface area contributed by atoms with Crippen LogP contribution in [0.4, 0.5) is 0 Å². The summed E-state index contributed by atoms with van der Waals surface area (Å²) in [4.78, 5) is 17.0. The van der Waals surface area contributed by atoms with Gasteiger partial charge in [0.1, 0.15) is 0 Å². The minimum atomic E-state index is -0.0117. The zero-order chi connectivity index (χ0) is 13.9. The highest BCUT2D eigenvalue weighted by Crippen LogP contribution is 2.23. The van der Waals surface area contributed by atoms with Crippen LogP contribution in [0.2, 0.25) is 0 Å². The van der Waals surface area contributed by atoms with Crippen molar-refractivity contribution >= 4 is 5.91 Å². The summed E-state index contributed by atoms with van der Waals surface area (Å²) in [6, 6.07) is 0. The fourth-order valence-corrected chi connectivity index (χ4v) is 3.12. The molecule has 0 aromatic carbocycles. The van der Waals surface area contributed by atoms with Gasteiger partial charge >= 0.3 is 0 Å². The molecule has 2 saturated heterocycles. The van der Waals surface area contributed by atoms with Crippen LogP contribution in [-0.4, -0.2) is 60.5 Å². The number of hydrogen-bond donors (Lipinski definition) is 1. The summed E-state index contributed by atoms with van der Waals surface area (Å²) in [5.74, 6) is 1.13. The quantitative estimate of drug-likeness (QED) is 0.838. The van der Waals surface area contributed by atoms with E-state index in [2.05, 4.69) is 35.9 Å². The Labute approximate surface area is 117 Å². The van der Waals surface area contributed by atoms with Gasteiger partial charge in [0.15, 0.2) is 0 Å². The van der Waals surface area contributed by atoms with Crippen molar-refractivity contribution in [2.75, 3.05) is 39.3 Å². The lowest BCUT2D eigenvalue weighted by atomic mass is 9.94. The first kappa shape index (κ1) is 14.8. The van der Waals surface area contributed by atoms with Crippen molar-refractivity contribution in [3.05, 3.63) is 0 Å². The van der Waals surface area contributed by atoms with Gasteiger partial charge in [-0.05, 0) is 32.6 Å². The van der Waals surface area contributed by atoms with E-state index in [1.165, 1.54) is 12.8 Å². The molecule has 4 heteroatoms. The van der Waals surface area contributed by atoms with Crippen molar-refractivity contribution in [3.8, 4) is 0 Å². The molecule has 2 aliphatic heterocycles. The molecule has 0 bridgehead atoms. The average Bonchev–Trinajstić information content (AvgIpc) is 2.40. The van der Waals surface area contributed by atoms with Crippen LogP contribution >= 0.6 is 0 Å². The van der Waals surface area contributed by atoms with Crippen molar-refractivity contribution in [2.45, 2.75) is 45.6 Å². The molecule has 1 N–H and O–H groups in total. The van der Waals surface area contributed by atoms with Crippen LogP contribution in [0.5, 0.6) is 0 Å². The Kier molecular flexibility index (Phi) is 4.85. The Morgan fingerprint density at radius 3 is 2.32 bits per heavy atom. The van der Waals surface area contributed by atoms with Crippen molar-refractivity contribution in [1.82, 2.24) is 15.1 Å². The first-order valence-corrected chi connectivity index (χ1v) is 7.72. The minimum absolute atomic E-state index is 0.0117. The summed E-state index contributed by atoms with van der Waals surface area (Å²) in [6.07, 6.45) is 2.99. The van der Waals surface area contributed by atoms with E-state index >= 15 is 0 Å². The molecule has 110 valence electrons. The fraction of sp³-hybridized carbons (Fsp3) is 0.933. The lowest BCUT2D eigenvalue weighted by Gasteiger charge is -2.42. The number of piperidine rings is 1. The molecule has 0 saturated carbocycles. The van der Waals surface area contributed by atoms with Crippen molar-refractivity contribution in [3.63, 3.8) is 0 Å². The van der Waals surface area contributed by atoms with Crippen LogP contribution in [0.3, 0.4) is 0 Å². The molecule has 0 radical (unpaired) electrons. The molecule has 0 spiro atoms. The summed E-state index contributed by atoms with van der Waals surface area (Å²) in [5, 5.41) is 3.37. The molecule has 2 rings (SSSR count). The Balaban J connectivity index is 1.86. The Hall–Kier alpha value is -0.610. The zero-order valence-corrected chi connectivity index (χ0v) is 12.7. The average molecular weight is 267 g/mol. The summed E-state index contributed by atoms with van der Waals surface area (Å²) in [6.45, 7) is 12.8. The lowest BCUT2D eigenvalue weighted by molar-refractivity contribution is -0.135. The molecule has 0 atom stereocenters. The number of carbonyl (C=O) groups is 1. The number of rotatable bonds is 3. The van der Waals surface area contributed by atoms with E-state index in [0.717, 1.165) is 45.2 Å². The molecule has 0 aliphatic carbocycles. The van der Waals surface area contributed by atoms with E-state index in [9.17, 15) is 4.79 Å².